The molecule has 0 saturated carbocycles. The predicted molar refractivity (Wildman–Crippen MR) is 131 cm³/mol. The number of pyridine rings is 1. The number of aliphatic carboxylic acids is 1. The molecule has 0 aliphatic carbocycles. The first-order valence-corrected chi connectivity index (χ1v) is 10.9. The second kappa shape index (κ2) is 11.3. The average Bonchev–Trinajstić information content (AvgIpc) is 3.23. The number of anilines is 1. The van der Waals surface area contributed by atoms with E-state index in [4.69, 9.17) is 9.84 Å². The fourth-order valence-electron chi connectivity index (χ4n) is 3.25. The van der Waals surface area contributed by atoms with E-state index in [1.54, 1.807) is 19.1 Å². The van der Waals surface area contributed by atoms with E-state index in [9.17, 15) is 14.0 Å². The summed E-state index contributed by atoms with van der Waals surface area (Å²) in [5.41, 5.74) is 0.860. The summed E-state index contributed by atoms with van der Waals surface area (Å²) in [4.78, 5) is 31.0. The van der Waals surface area contributed by atoms with Crippen molar-refractivity contribution in [3.63, 3.8) is 0 Å². The quantitative estimate of drug-likeness (QED) is 0.332. The molecule has 0 aliphatic rings. The Labute approximate surface area is 214 Å². The zero-order valence-corrected chi connectivity index (χ0v) is 18.6. The molecule has 4 aromatic rings. The first kappa shape index (κ1) is 26.1. The summed E-state index contributed by atoms with van der Waals surface area (Å²) >= 11 is 1.01. The van der Waals surface area contributed by atoms with Crippen LogP contribution in [0.5, 0.6) is 5.75 Å². The van der Waals surface area contributed by atoms with E-state index >= 15 is 4.39 Å². The normalized spacial score (nSPS) is 10.5. The van der Waals surface area contributed by atoms with E-state index in [0.717, 1.165) is 11.3 Å². The molecule has 3 N–H and O–H groups in total. The molecule has 0 fully saturated rings. The summed E-state index contributed by atoms with van der Waals surface area (Å²) in [7, 11) is 0. The fourth-order valence-corrected chi connectivity index (χ4v) is 4.22. The molecule has 176 valence electrons. The summed E-state index contributed by atoms with van der Waals surface area (Å²) < 4.78 is 35.7. The molecule has 8 nitrogen and oxygen atoms in total. The number of aromatic nitrogens is 2. The molecule has 0 bridgehead atoms. The van der Waals surface area contributed by atoms with Crippen LogP contribution >= 0.6 is 11.3 Å². The van der Waals surface area contributed by atoms with Crippen molar-refractivity contribution in [2.45, 2.75) is 6.92 Å². The van der Waals surface area contributed by atoms with Crippen molar-refractivity contribution in [3.8, 4) is 28.1 Å². The van der Waals surface area contributed by atoms with Gasteiger partial charge in [0.15, 0.2) is 17.6 Å². The van der Waals surface area contributed by atoms with Gasteiger partial charge in [-0.3, -0.25) is 10.3 Å². The molecule has 2 aromatic heterocycles. The number of rotatable bonds is 7. The van der Waals surface area contributed by atoms with E-state index in [-0.39, 0.29) is 40.8 Å². The van der Waals surface area contributed by atoms with E-state index in [2.05, 4.69) is 20.6 Å². The van der Waals surface area contributed by atoms with E-state index < -0.39 is 30.2 Å². The van der Waals surface area contributed by atoms with Crippen LogP contribution < -0.4 is 15.4 Å². The van der Waals surface area contributed by atoms with Gasteiger partial charge in [-0.05, 0) is 42.8 Å². The van der Waals surface area contributed by atoms with Crippen molar-refractivity contribution in [3.05, 3.63) is 60.3 Å². The van der Waals surface area contributed by atoms with Gasteiger partial charge >= 0.3 is 30.9 Å². The summed E-state index contributed by atoms with van der Waals surface area (Å²) in [6, 6.07) is 9.80. The molecule has 35 heavy (non-hydrogen) atoms. The SMILES string of the molecule is CCNC(=O)Nc1nc2c(F)c(-c3ccc(OCC(=O)O)cc3)cc(-c3ncccc3F)c2s1.[LiH]. The standard InChI is InChI=1S/C23H18F2N4O4S.Li.H/c1-2-26-22(32)29-23-28-20-18(25)14(12-5-7-13(8-6-12)33-11-17(30)31)10-15(21(20)34-23)19-16(24)4-3-9-27-19;;/h3-10H,2,11H2,1H3,(H,30,31)(H2,26,28,29,32);;. The monoisotopic (exact) mass is 492 g/mol. The minimum atomic E-state index is -1.12. The summed E-state index contributed by atoms with van der Waals surface area (Å²) in [6.45, 7) is 1.64. The van der Waals surface area contributed by atoms with Gasteiger partial charge in [-0.2, -0.15) is 0 Å². The Balaban J connectivity index is 0.00000342. The van der Waals surface area contributed by atoms with Crippen LogP contribution in [0.25, 0.3) is 32.6 Å². The van der Waals surface area contributed by atoms with Crippen LogP contribution in [-0.4, -0.2) is 59.1 Å². The molecular weight excluding hydrogens is 473 g/mol. The maximum absolute atomic E-state index is 15.6. The van der Waals surface area contributed by atoms with Gasteiger partial charge in [-0.1, -0.05) is 23.5 Å². The van der Waals surface area contributed by atoms with E-state index in [1.165, 1.54) is 36.5 Å². The molecule has 0 atom stereocenters. The number of nitrogens with one attached hydrogen (secondary N) is 2. The second-order valence-corrected chi connectivity index (χ2v) is 8.01. The zero-order chi connectivity index (χ0) is 24.2. The van der Waals surface area contributed by atoms with Crippen molar-refractivity contribution in [2.75, 3.05) is 18.5 Å². The van der Waals surface area contributed by atoms with Gasteiger partial charge in [0, 0.05) is 23.9 Å². The first-order valence-electron chi connectivity index (χ1n) is 10.1. The number of amides is 2. The third-order valence-corrected chi connectivity index (χ3v) is 5.71. The number of urea groups is 1. The molecule has 2 heterocycles. The van der Waals surface area contributed by atoms with Gasteiger partial charge < -0.3 is 15.2 Å². The first-order chi connectivity index (χ1) is 16.4. The summed E-state index contributed by atoms with van der Waals surface area (Å²) in [5.74, 6) is -2.08. The molecule has 0 spiro atoms. The molecule has 0 aliphatic heterocycles. The number of benzene rings is 2. The third-order valence-electron chi connectivity index (χ3n) is 4.70. The van der Waals surface area contributed by atoms with Crippen molar-refractivity contribution in [1.82, 2.24) is 15.3 Å². The van der Waals surface area contributed by atoms with Crippen LogP contribution in [-0.2, 0) is 4.79 Å². The number of carboxylic acid groups (broad SMARTS) is 1. The predicted octanol–water partition coefficient (Wildman–Crippen LogP) is 4.26. The Hall–Kier alpha value is -3.52. The van der Waals surface area contributed by atoms with Crippen LogP contribution in [0.3, 0.4) is 0 Å². The topological polar surface area (TPSA) is 113 Å². The number of carbonyl (C=O) groups is 2. The maximum atomic E-state index is 15.6. The Kier molecular flexibility index (Phi) is 8.40. The Morgan fingerprint density at radius 2 is 1.89 bits per heavy atom. The fraction of sp³-hybridized carbons (Fsp3) is 0.130. The van der Waals surface area contributed by atoms with Crippen molar-refractivity contribution in [2.24, 2.45) is 0 Å². The molecule has 0 unspecified atom stereocenters. The van der Waals surface area contributed by atoms with E-state index in [0.29, 0.717) is 28.1 Å². The second-order valence-electron chi connectivity index (χ2n) is 7.01. The Morgan fingerprint density at radius 3 is 2.54 bits per heavy atom. The number of fused-ring (bicyclic) bond motifs is 1. The number of halogens is 2. The minimum absolute atomic E-state index is 0. The van der Waals surface area contributed by atoms with Crippen molar-refractivity contribution < 1.29 is 28.2 Å². The van der Waals surface area contributed by atoms with Crippen molar-refractivity contribution in [1.29, 1.82) is 0 Å². The van der Waals surface area contributed by atoms with Gasteiger partial charge in [0.2, 0.25) is 0 Å². The number of carbonyl (C=O) groups excluding carboxylic acids is 1. The summed E-state index contributed by atoms with van der Waals surface area (Å²) in [6.07, 6.45) is 1.43. The van der Waals surface area contributed by atoms with Gasteiger partial charge in [-0.15, -0.1) is 0 Å². The van der Waals surface area contributed by atoms with Gasteiger partial charge in [-0.25, -0.2) is 23.4 Å². The molecule has 0 saturated heterocycles. The van der Waals surface area contributed by atoms with Crippen LogP contribution in [0.1, 0.15) is 6.92 Å². The van der Waals surface area contributed by atoms with Gasteiger partial charge in [0.05, 0.1) is 4.70 Å². The number of carboxylic acids is 1. The molecular formula is C23H19F2LiN4O4S. The van der Waals surface area contributed by atoms with Crippen molar-refractivity contribution >= 4 is 57.5 Å². The molecule has 0 radical (unpaired) electrons. The molecule has 2 amide bonds. The average molecular weight is 492 g/mol. The van der Waals surface area contributed by atoms with Crippen LogP contribution in [0.2, 0.25) is 0 Å². The Bertz CT molecular complexity index is 1380. The van der Waals surface area contributed by atoms with Crippen LogP contribution in [0.15, 0.2) is 48.7 Å². The third kappa shape index (κ3) is 5.76. The molecule has 2 aromatic carbocycles. The zero-order valence-electron chi connectivity index (χ0n) is 17.8. The van der Waals surface area contributed by atoms with Gasteiger partial charge in [0.1, 0.15) is 22.8 Å². The Morgan fingerprint density at radius 1 is 1.14 bits per heavy atom. The number of thiazole rings is 1. The van der Waals surface area contributed by atoms with Crippen LogP contribution in [0, 0.1) is 11.6 Å². The number of ether oxygens (including phenoxy) is 1. The number of hydrogen-bond acceptors (Lipinski definition) is 6. The summed E-state index contributed by atoms with van der Waals surface area (Å²) in [5, 5.41) is 14.0. The van der Waals surface area contributed by atoms with Crippen LogP contribution in [0.4, 0.5) is 18.7 Å². The van der Waals surface area contributed by atoms with Gasteiger partial charge in [0.25, 0.3) is 0 Å². The number of hydrogen-bond donors (Lipinski definition) is 3. The molecule has 12 heteroatoms. The van der Waals surface area contributed by atoms with E-state index in [1.807, 2.05) is 0 Å². The molecule has 4 rings (SSSR count). The number of nitrogens with zero attached hydrogens (tertiary/aromatic N) is 2.